The highest BCUT2D eigenvalue weighted by molar-refractivity contribution is 5.96. The van der Waals surface area contributed by atoms with Crippen molar-refractivity contribution in [3.63, 3.8) is 0 Å². The summed E-state index contributed by atoms with van der Waals surface area (Å²) in [6.45, 7) is 0.748. The van der Waals surface area contributed by atoms with Gasteiger partial charge in [-0.05, 0) is 37.3 Å². The zero-order chi connectivity index (χ0) is 16.3. The number of halogens is 3. The van der Waals surface area contributed by atoms with Crippen molar-refractivity contribution < 1.29 is 27.8 Å². The summed E-state index contributed by atoms with van der Waals surface area (Å²) < 4.78 is 45.4. The Morgan fingerprint density at radius 3 is 2.41 bits per heavy atom. The topological polar surface area (TPSA) is 46.5 Å². The third-order valence-electron chi connectivity index (χ3n) is 3.05. The van der Waals surface area contributed by atoms with Gasteiger partial charge in [0.05, 0.1) is 11.1 Å². The van der Waals surface area contributed by atoms with E-state index in [9.17, 15) is 23.1 Å². The molecule has 0 heterocycles. The first-order valence-corrected chi connectivity index (χ1v) is 6.45. The van der Waals surface area contributed by atoms with E-state index in [4.69, 9.17) is 4.74 Å². The van der Waals surface area contributed by atoms with Gasteiger partial charge in [0.15, 0.2) is 5.78 Å². The lowest BCUT2D eigenvalue weighted by molar-refractivity contribution is 0.0952. The molecule has 0 aromatic heterocycles. The van der Waals surface area contributed by atoms with Gasteiger partial charge in [0.1, 0.15) is 35.9 Å². The molecule has 0 radical (unpaired) electrons. The van der Waals surface area contributed by atoms with E-state index in [1.54, 1.807) is 0 Å². The van der Waals surface area contributed by atoms with Crippen molar-refractivity contribution in [3.05, 3.63) is 65.0 Å². The van der Waals surface area contributed by atoms with Crippen molar-refractivity contribution in [2.45, 2.75) is 13.0 Å². The Hall–Kier alpha value is -2.34. The minimum Gasteiger partial charge on any atom is -0.490 e. The summed E-state index contributed by atoms with van der Waals surface area (Å²) in [6, 6.07) is 6.50. The van der Waals surface area contributed by atoms with Crippen molar-refractivity contribution in [2.24, 2.45) is 0 Å². The maximum Gasteiger partial charge on any atom is 0.163 e. The number of aliphatic hydroxyl groups excluding tert-OH is 1. The standard InChI is InChI=1S/C16H13F3O3/c1-9(20)11-7-10(17)5-6-15(11)22-8-14(21)16-12(18)3-2-4-13(16)19/h2-7,14,21H,8H2,1H3. The van der Waals surface area contributed by atoms with Crippen LogP contribution in [-0.2, 0) is 0 Å². The molecule has 2 aromatic rings. The second-order valence-corrected chi connectivity index (χ2v) is 4.66. The van der Waals surface area contributed by atoms with Crippen molar-refractivity contribution in [2.75, 3.05) is 6.61 Å². The molecular formula is C16H13F3O3. The van der Waals surface area contributed by atoms with E-state index in [1.807, 2.05) is 0 Å². The molecule has 1 N–H and O–H groups in total. The van der Waals surface area contributed by atoms with Gasteiger partial charge in [0.25, 0.3) is 0 Å². The molecule has 0 aliphatic carbocycles. The molecule has 116 valence electrons. The molecule has 2 aromatic carbocycles. The average molecular weight is 310 g/mol. The highest BCUT2D eigenvalue weighted by atomic mass is 19.1. The second-order valence-electron chi connectivity index (χ2n) is 4.66. The van der Waals surface area contributed by atoms with Crippen LogP contribution in [0.2, 0.25) is 0 Å². The molecule has 0 saturated carbocycles. The normalized spacial score (nSPS) is 12.0. The van der Waals surface area contributed by atoms with Crippen molar-refractivity contribution in [3.8, 4) is 5.75 Å². The number of benzene rings is 2. The van der Waals surface area contributed by atoms with E-state index >= 15 is 0 Å². The predicted molar refractivity (Wildman–Crippen MR) is 73.2 cm³/mol. The second kappa shape index (κ2) is 6.62. The summed E-state index contributed by atoms with van der Waals surface area (Å²) in [5, 5.41) is 9.86. The molecule has 0 fully saturated rings. The van der Waals surface area contributed by atoms with Crippen molar-refractivity contribution in [1.29, 1.82) is 0 Å². The first-order valence-electron chi connectivity index (χ1n) is 6.45. The summed E-state index contributed by atoms with van der Waals surface area (Å²) >= 11 is 0. The molecule has 1 unspecified atom stereocenters. The van der Waals surface area contributed by atoms with E-state index in [0.29, 0.717) is 0 Å². The number of carbonyl (C=O) groups excluding carboxylic acids is 1. The van der Waals surface area contributed by atoms with E-state index in [1.165, 1.54) is 19.1 Å². The Kier molecular flexibility index (Phi) is 4.82. The van der Waals surface area contributed by atoms with E-state index in [2.05, 4.69) is 0 Å². The summed E-state index contributed by atoms with van der Waals surface area (Å²) in [5.41, 5.74) is -0.532. The average Bonchev–Trinajstić information content (AvgIpc) is 2.45. The zero-order valence-electron chi connectivity index (χ0n) is 11.6. The smallest absolute Gasteiger partial charge is 0.163 e. The van der Waals surface area contributed by atoms with Crippen LogP contribution in [0.3, 0.4) is 0 Å². The van der Waals surface area contributed by atoms with Crippen LogP contribution in [0.25, 0.3) is 0 Å². The monoisotopic (exact) mass is 310 g/mol. The number of aliphatic hydroxyl groups is 1. The van der Waals surface area contributed by atoms with Crippen LogP contribution < -0.4 is 4.74 Å². The SMILES string of the molecule is CC(=O)c1cc(F)ccc1OCC(O)c1c(F)cccc1F. The minimum absolute atomic E-state index is 0.0128. The van der Waals surface area contributed by atoms with Crippen LogP contribution in [0.15, 0.2) is 36.4 Å². The fraction of sp³-hybridized carbons (Fsp3) is 0.188. The minimum atomic E-state index is -1.56. The molecular weight excluding hydrogens is 297 g/mol. The van der Waals surface area contributed by atoms with Gasteiger partial charge in [-0.3, -0.25) is 4.79 Å². The van der Waals surface area contributed by atoms with E-state index < -0.39 is 41.5 Å². The highest BCUT2D eigenvalue weighted by Crippen LogP contribution is 2.24. The lowest BCUT2D eigenvalue weighted by Crippen LogP contribution is -2.14. The summed E-state index contributed by atoms with van der Waals surface area (Å²) in [4.78, 5) is 11.4. The molecule has 2 rings (SSSR count). The van der Waals surface area contributed by atoms with Crippen LogP contribution in [0.4, 0.5) is 13.2 Å². The van der Waals surface area contributed by atoms with Gasteiger partial charge in [-0.2, -0.15) is 0 Å². The molecule has 0 aliphatic heterocycles. The third-order valence-corrected chi connectivity index (χ3v) is 3.05. The Morgan fingerprint density at radius 1 is 1.18 bits per heavy atom. The number of carbonyl (C=O) groups is 1. The fourth-order valence-electron chi connectivity index (χ4n) is 1.98. The number of hydrogen-bond donors (Lipinski definition) is 1. The highest BCUT2D eigenvalue weighted by Gasteiger charge is 2.19. The molecule has 3 nitrogen and oxygen atoms in total. The largest absolute Gasteiger partial charge is 0.490 e. The van der Waals surface area contributed by atoms with Gasteiger partial charge in [-0.25, -0.2) is 13.2 Å². The zero-order valence-corrected chi connectivity index (χ0v) is 11.6. The van der Waals surface area contributed by atoms with Crippen LogP contribution >= 0.6 is 0 Å². The van der Waals surface area contributed by atoms with Crippen molar-refractivity contribution in [1.82, 2.24) is 0 Å². The first-order chi connectivity index (χ1) is 10.4. The lowest BCUT2D eigenvalue weighted by Gasteiger charge is -2.15. The summed E-state index contributed by atoms with van der Waals surface area (Å²) in [7, 11) is 0. The van der Waals surface area contributed by atoms with Crippen LogP contribution in [0, 0.1) is 17.5 Å². The fourth-order valence-corrected chi connectivity index (χ4v) is 1.98. The quantitative estimate of drug-likeness (QED) is 0.861. The molecule has 0 amide bonds. The molecule has 0 bridgehead atoms. The molecule has 6 heteroatoms. The Labute approximate surface area is 125 Å². The molecule has 1 atom stereocenters. The van der Waals surface area contributed by atoms with Gasteiger partial charge >= 0.3 is 0 Å². The number of Topliss-reactive ketones (excluding diaryl/α,β-unsaturated/α-hetero) is 1. The molecule has 22 heavy (non-hydrogen) atoms. The maximum atomic E-state index is 13.5. The Balaban J connectivity index is 2.18. The van der Waals surface area contributed by atoms with Gasteiger partial charge in [0.2, 0.25) is 0 Å². The van der Waals surface area contributed by atoms with Gasteiger partial charge < -0.3 is 9.84 Å². The number of ketones is 1. The Bertz CT molecular complexity index is 681. The summed E-state index contributed by atoms with van der Waals surface area (Å²) in [6.07, 6.45) is -1.56. The van der Waals surface area contributed by atoms with Gasteiger partial charge in [-0.15, -0.1) is 0 Å². The van der Waals surface area contributed by atoms with Crippen LogP contribution in [0.1, 0.15) is 28.9 Å². The van der Waals surface area contributed by atoms with E-state index in [0.717, 1.165) is 24.3 Å². The third kappa shape index (κ3) is 3.46. The van der Waals surface area contributed by atoms with Crippen LogP contribution in [0.5, 0.6) is 5.75 Å². The van der Waals surface area contributed by atoms with Gasteiger partial charge in [-0.1, -0.05) is 6.07 Å². The molecule has 0 spiro atoms. The van der Waals surface area contributed by atoms with Crippen molar-refractivity contribution >= 4 is 5.78 Å². The first kappa shape index (κ1) is 16.0. The van der Waals surface area contributed by atoms with E-state index in [-0.39, 0.29) is 11.3 Å². The Morgan fingerprint density at radius 2 is 1.82 bits per heavy atom. The summed E-state index contributed by atoms with van der Waals surface area (Å²) in [5.74, 6) is -2.81. The maximum absolute atomic E-state index is 13.5. The van der Waals surface area contributed by atoms with Crippen LogP contribution in [-0.4, -0.2) is 17.5 Å². The molecule has 0 aliphatic rings. The number of rotatable bonds is 5. The predicted octanol–water partition coefficient (Wildman–Crippen LogP) is 3.42. The number of ether oxygens (including phenoxy) is 1. The number of hydrogen-bond acceptors (Lipinski definition) is 3. The molecule has 0 saturated heterocycles. The van der Waals surface area contributed by atoms with Gasteiger partial charge in [0, 0.05) is 0 Å². The lowest BCUT2D eigenvalue weighted by atomic mass is 10.1.